The van der Waals surface area contributed by atoms with E-state index in [-0.39, 0.29) is 121 Å². The van der Waals surface area contributed by atoms with Gasteiger partial charge in [-0.15, -0.1) is 60.9 Å². The molecular weight excluding hydrogens is 933 g/mol. The van der Waals surface area contributed by atoms with E-state index in [4.69, 9.17) is 167 Å². The summed E-state index contributed by atoms with van der Waals surface area (Å²) in [5, 5.41) is 1.99. The van der Waals surface area contributed by atoms with Crippen molar-refractivity contribution in [2.24, 2.45) is 0 Å². The minimum Gasteiger partial charge on any atom is -0.235 e. The van der Waals surface area contributed by atoms with Gasteiger partial charge in [0.25, 0.3) is 0 Å². The summed E-state index contributed by atoms with van der Waals surface area (Å²) in [5.41, 5.74) is 8.57. The van der Waals surface area contributed by atoms with Gasteiger partial charge in [0.15, 0.2) is 0 Å². The molecule has 0 aliphatic rings. The fraction of sp³-hybridized carbons (Fsp3) is 0. The molecule has 302 valence electrons. The monoisotopic (exact) mass is 948 g/mol. The zero-order chi connectivity index (χ0) is 54.4. The number of hydrogen-bond donors (Lipinski definition) is 0. The topological polar surface area (TPSA) is 25.8 Å². The standard InChI is InChI=1S/C52H12B20N2S2/c53-28-20(29(54)40(65)35(60)22(28)23-31(56)33(58)24(34(59)32(23)57)25-36(61)42(67)45(70)43(68)37(25)62)16-8-9-19-18(11-16)49-52(75-19)48(73-12-74-49)17-3-1-2-15(10-17)13-4-6-14(7-5-13)21-30(55)41(66)38(63)26-27-39(64)44(69)46(71)47(72)51(27)76-50(21)26/h1-12H. The quantitative estimate of drug-likeness (QED) is 0.155. The van der Waals surface area contributed by atoms with Gasteiger partial charge in [-0.25, -0.2) is 9.97 Å². The molecule has 24 heteroatoms. The van der Waals surface area contributed by atoms with E-state index in [0.717, 1.165) is 47.4 Å². The lowest BCUT2D eigenvalue weighted by atomic mass is 9.54. The van der Waals surface area contributed by atoms with Gasteiger partial charge in [0.2, 0.25) is 0 Å². The number of rotatable bonds is 6. The van der Waals surface area contributed by atoms with E-state index in [1.807, 2.05) is 60.7 Å². The summed E-state index contributed by atoms with van der Waals surface area (Å²) in [7, 11) is 131. The second kappa shape index (κ2) is 19.2. The average molecular weight is 945 g/mol. The van der Waals surface area contributed by atoms with Crippen molar-refractivity contribution in [1.82, 2.24) is 9.97 Å². The zero-order valence-electron chi connectivity index (χ0n) is 40.2. The average Bonchev–Trinajstić information content (AvgIpc) is 4.02. The maximum absolute atomic E-state index is 7.07. The number of fused-ring (bicyclic) bond motifs is 6. The van der Waals surface area contributed by atoms with Crippen LogP contribution in [0.4, 0.5) is 0 Å². The van der Waals surface area contributed by atoms with Crippen LogP contribution in [0.3, 0.4) is 0 Å². The lowest BCUT2D eigenvalue weighted by Crippen LogP contribution is -2.57. The Morgan fingerprint density at radius 3 is 1.29 bits per heavy atom. The predicted octanol–water partition coefficient (Wildman–Crippen LogP) is -8.91. The highest BCUT2D eigenvalue weighted by atomic mass is 32.1. The molecule has 3 heterocycles. The van der Waals surface area contributed by atoms with E-state index >= 15 is 0 Å². The normalized spacial score (nSPS) is 11.7. The second-order valence-corrected chi connectivity index (χ2v) is 20.5. The molecule has 0 amide bonds. The van der Waals surface area contributed by atoms with Crippen LogP contribution in [-0.4, -0.2) is 167 Å². The molecule has 0 bridgehead atoms. The molecule has 40 radical (unpaired) electrons. The Morgan fingerprint density at radius 2 is 0.697 bits per heavy atom. The molecule has 0 N–H and O–H groups in total. The summed E-state index contributed by atoms with van der Waals surface area (Å²) in [5.74, 6) is 0. The van der Waals surface area contributed by atoms with Crippen molar-refractivity contribution in [2.45, 2.75) is 0 Å². The Labute approximate surface area is 475 Å². The van der Waals surface area contributed by atoms with Crippen molar-refractivity contribution >= 4 is 329 Å². The van der Waals surface area contributed by atoms with Crippen molar-refractivity contribution in [2.75, 3.05) is 0 Å². The molecule has 11 rings (SSSR count). The number of benzene rings is 8. The zero-order valence-corrected chi connectivity index (χ0v) is 41.8. The first-order chi connectivity index (χ1) is 36.1. The van der Waals surface area contributed by atoms with Gasteiger partial charge in [-0.1, -0.05) is 120 Å². The molecule has 0 aliphatic heterocycles. The van der Waals surface area contributed by atoms with Crippen LogP contribution in [0.15, 0.2) is 73.1 Å². The molecule has 0 aliphatic carbocycles. The van der Waals surface area contributed by atoms with Crippen LogP contribution in [0.2, 0.25) is 0 Å². The first kappa shape index (κ1) is 52.6. The minimum absolute atomic E-state index is 0.00565. The smallest absolute Gasteiger partial charge is 0.116 e. The van der Waals surface area contributed by atoms with E-state index < -0.39 is 0 Å². The maximum Gasteiger partial charge on any atom is 0.116 e. The van der Waals surface area contributed by atoms with E-state index in [1.165, 1.54) is 29.0 Å². The third-order valence-corrected chi connectivity index (χ3v) is 16.7. The first-order valence-electron chi connectivity index (χ1n) is 22.9. The van der Waals surface area contributed by atoms with Gasteiger partial charge in [0.1, 0.15) is 163 Å². The molecular formula is C52H12B20N2S2. The van der Waals surface area contributed by atoms with Crippen LogP contribution in [0.25, 0.3) is 107 Å². The summed E-state index contributed by atoms with van der Waals surface area (Å²) in [4.78, 5) is 9.56. The molecule has 0 fully saturated rings. The Morgan fingerprint density at radius 1 is 0.276 bits per heavy atom. The third kappa shape index (κ3) is 7.71. The van der Waals surface area contributed by atoms with Crippen LogP contribution in [0, 0.1) is 0 Å². The van der Waals surface area contributed by atoms with Gasteiger partial charge in [-0.05, 0) is 84.6 Å². The van der Waals surface area contributed by atoms with Gasteiger partial charge >= 0.3 is 0 Å². The Balaban J connectivity index is 0.980. The van der Waals surface area contributed by atoms with E-state index in [0.29, 0.717) is 48.6 Å². The molecule has 0 saturated carbocycles. The molecule has 0 atom stereocenters. The number of nitrogens with zero attached hydrogens (tertiary/aromatic N) is 2. The Bertz CT molecular complexity index is 4360. The number of thiophene rings is 2. The molecule has 0 spiro atoms. The highest BCUT2D eigenvalue weighted by Gasteiger charge is 2.26. The second-order valence-electron chi connectivity index (χ2n) is 18.4. The summed E-state index contributed by atoms with van der Waals surface area (Å²) in [6.07, 6.45) is 1.53. The molecule has 0 unspecified atom stereocenters. The lowest BCUT2D eigenvalue weighted by molar-refractivity contribution is 1.24. The molecule has 2 nitrogen and oxygen atoms in total. The van der Waals surface area contributed by atoms with Gasteiger partial charge in [0, 0.05) is 25.0 Å². The van der Waals surface area contributed by atoms with Gasteiger partial charge in [0.05, 0.1) is 15.9 Å². The van der Waals surface area contributed by atoms with Crippen LogP contribution in [0.5, 0.6) is 0 Å². The van der Waals surface area contributed by atoms with Gasteiger partial charge in [-0.2, -0.15) is 0 Å². The van der Waals surface area contributed by atoms with Crippen molar-refractivity contribution in [1.29, 1.82) is 0 Å². The SMILES string of the molecule is [B]c1c([B])c([B])c(-c2c([B])c([B])c(-c3c([B])c([B])c([B])c(-c4ccc5sc6c(-c7cccc(-c8ccc(-c9c([B])c([B])c([B])c%10c9sc9c([B])c([B])c([B])c([B])c9%10)cc8)c7)ncnc6c5c4)c3[B])c([B])c2[B])c([B])c1[B]. The Hall–Kier alpha value is -5.42. The number of aromatic nitrogens is 2. The lowest BCUT2D eigenvalue weighted by Gasteiger charge is -2.31. The molecule has 8 aromatic carbocycles. The predicted molar refractivity (Wildman–Crippen MR) is 348 cm³/mol. The van der Waals surface area contributed by atoms with Crippen molar-refractivity contribution in [3.05, 3.63) is 73.1 Å². The van der Waals surface area contributed by atoms with Crippen molar-refractivity contribution in [3.63, 3.8) is 0 Å². The summed E-state index contributed by atoms with van der Waals surface area (Å²) < 4.78 is 3.14. The fourth-order valence-electron chi connectivity index (χ4n) is 10.2. The molecule has 3 aromatic heterocycles. The molecule has 76 heavy (non-hydrogen) atoms. The van der Waals surface area contributed by atoms with E-state index in [9.17, 15) is 0 Å². The summed E-state index contributed by atoms with van der Waals surface area (Å²) in [6.45, 7) is 0. The molecule has 0 saturated heterocycles. The largest absolute Gasteiger partial charge is 0.235 e. The summed E-state index contributed by atoms with van der Waals surface area (Å²) >= 11 is 2.90. The highest BCUT2D eigenvalue weighted by Crippen LogP contribution is 2.41. The Kier molecular flexibility index (Phi) is 13.3. The fourth-order valence-corrected chi connectivity index (χ4v) is 12.7. The van der Waals surface area contributed by atoms with Crippen molar-refractivity contribution < 1.29 is 0 Å². The van der Waals surface area contributed by atoms with E-state index in [2.05, 4.69) is 6.07 Å². The first-order valence-corrected chi connectivity index (χ1v) is 24.6. The van der Waals surface area contributed by atoms with Crippen molar-refractivity contribution in [3.8, 4) is 66.9 Å². The molecule has 11 aromatic rings. The van der Waals surface area contributed by atoms with Gasteiger partial charge < -0.3 is 0 Å². The van der Waals surface area contributed by atoms with Crippen LogP contribution >= 0.6 is 22.7 Å². The number of hydrogen-bond acceptors (Lipinski definition) is 4. The van der Waals surface area contributed by atoms with Crippen LogP contribution < -0.4 is 109 Å². The van der Waals surface area contributed by atoms with Crippen LogP contribution in [0.1, 0.15) is 0 Å². The highest BCUT2D eigenvalue weighted by molar-refractivity contribution is 7.28. The minimum atomic E-state index is -0.0684. The summed E-state index contributed by atoms with van der Waals surface area (Å²) in [6, 6.07) is 21.7. The van der Waals surface area contributed by atoms with Crippen LogP contribution in [-0.2, 0) is 0 Å². The third-order valence-electron chi connectivity index (χ3n) is 14.3. The van der Waals surface area contributed by atoms with Gasteiger partial charge in [-0.3, -0.25) is 0 Å². The van der Waals surface area contributed by atoms with E-state index in [1.54, 1.807) is 0 Å². The maximum atomic E-state index is 7.07.